The largest absolute Gasteiger partial charge is 0.308 e. The molecule has 138 valence electrons. The first-order valence-electron chi connectivity index (χ1n) is 8.35. The lowest BCUT2D eigenvalue weighted by Gasteiger charge is -2.10. The van der Waals surface area contributed by atoms with Crippen molar-refractivity contribution in [1.29, 1.82) is 5.26 Å². The number of carbonyl (C=O) groups is 1. The molecule has 0 spiro atoms. The van der Waals surface area contributed by atoms with Gasteiger partial charge in [-0.05, 0) is 51.0 Å². The fourth-order valence-corrected chi connectivity index (χ4v) is 5.56. The maximum Gasteiger partial charge on any atom is 0.266 e. The van der Waals surface area contributed by atoms with E-state index in [1.54, 1.807) is 22.3 Å². The fourth-order valence-electron chi connectivity index (χ4n) is 3.07. The Morgan fingerprint density at radius 3 is 2.67 bits per heavy atom. The third kappa shape index (κ3) is 3.29. The van der Waals surface area contributed by atoms with Gasteiger partial charge in [-0.2, -0.15) is 5.26 Å². The summed E-state index contributed by atoms with van der Waals surface area (Å²) < 4.78 is 2.65. The number of thiocarbonyl (C=S) groups is 1. The van der Waals surface area contributed by atoms with Crippen LogP contribution in [-0.2, 0) is 4.79 Å². The van der Waals surface area contributed by atoms with Crippen molar-refractivity contribution in [3.8, 4) is 11.1 Å². The van der Waals surface area contributed by atoms with Gasteiger partial charge in [-0.25, -0.2) is 0 Å². The number of carbonyl (C=O) groups excluding carboxylic acids is 1. The zero-order valence-corrected chi connectivity index (χ0v) is 18.1. The molecule has 2 aromatic rings. The Bertz CT molecular complexity index is 1050. The van der Waals surface area contributed by atoms with Gasteiger partial charge in [-0.15, -0.1) is 17.9 Å². The molecule has 4 nitrogen and oxygen atoms in total. The molecule has 0 N–H and O–H groups in total. The lowest BCUT2D eigenvalue weighted by atomic mass is 10.2. The summed E-state index contributed by atoms with van der Waals surface area (Å²) in [4.78, 5) is 15.9. The summed E-state index contributed by atoms with van der Waals surface area (Å²) in [6, 6.07) is 4.38. The Labute approximate surface area is 172 Å². The number of amides is 1. The van der Waals surface area contributed by atoms with Crippen LogP contribution in [0.1, 0.15) is 33.0 Å². The van der Waals surface area contributed by atoms with Crippen LogP contribution in [0.25, 0.3) is 11.1 Å². The zero-order chi connectivity index (χ0) is 19.9. The summed E-state index contributed by atoms with van der Waals surface area (Å²) in [5, 5.41) is 10.5. The summed E-state index contributed by atoms with van der Waals surface area (Å²) in [6.07, 6.45) is 3.56. The van der Waals surface area contributed by atoms with E-state index in [2.05, 4.69) is 17.2 Å². The molecule has 3 heterocycles. The van der Waals surface area contributed by atoms with E-state index in [9.17, 15) is 10.1 Å². The van der Waals surface area contributed by atoms with Gasteiger partial charge in [0.2, 0.25) is 0 Å². The van der Waals surface area contributed by atoms with Gasteiger partial charge in [0.15, 0.2) is 0 Å². The van der Waals surface area contributed by atoms with Crippen molar-refractivity contribution in [2.45, 2.75) is 27.7 Å². The maximum atomic E-state index is 12.6. The van der Waals surface area contributed by atoms with Crippen molar-refractivity contribution >= 4 is 51.6 Å². The highest BCUT2D eigenvalue weighted by Gasteiger charge is 2.31. The Balaban J connectivity index is 2.07. The predicted octanol–water partition coefficient (Wildman–Crippen LogP) is 5.03. The number of thioether (sulfide) groups is 1. The smallest absolute Gasteiger partial charge is 0.266 e. The van der Waals surface area contributed by atoms with Gasteiger partial charge in [0, 0.05) is 22.8 Å². The predicted molar refractivity (Wildman–Crippen MR) is 117 cm³/mol. The molecule has 0 bridgehead atoms. The molecule has 0 aliphatic carbocycles. The Kier molecular flexibility index (Phi) is 5.43. The molecule has 7 heteroatoms. The topological polar surface area (TPSA) is 49.0 Å². The summed E-state index contributed by atoms with van der Waals surface area (Å²) >= 11 is 8.24. The van der Waals surface area contributed by atoms with Gasteiger partial charge in [0.25, 0.3) is 5.91 Å². The number of nitriles is 1. The molecule has 2 aromatic heterocycles. The van der Waals surface area contributed by atoms with Crippen LogP contribution >= 0.6 is 35.3 Å². The van der Waals surface area contributed by atoms with Gasteiger partial charge in [0.05, 0.1) is 10.5 Å². The van der Waals surface area contributed by atoms with Gasteiger partial charge >= 0.3 is 0 Å². The lowest BCUT2D eigenvalue weighted by molar-refractivity contribution is -0.121. The third-order valence-electron chi connectivity index (χ3n) is 4.62. The average Bonchev–Trinajstić information content (AvgIpc) is 3.16. The van der Waals surface area contributed by atoms with Crippen LogP contribution in [0.4, 0.5) is 0 Å². The highest BCUT2D eigenvalue weighted by Crippen LogP contribution is 2.36. The van der Waals surface area contributed by atoms with Crippen molar-refractivity contribution < 1.29 is 4.79 Å². The minimum Gasteiger partial charge on any atom is -0.308 e. The van der Waals surface area contributed by atoms with Crippen molar-refractivity contribution in [1.82, 2.24) is 9.47 Å². The SMILES string of the molecule is C=CCN1C(=O)/C(=C\c2cc(C)n(-c3sc(C)c(C)c3C#N)c2C)SC1=S. The van der Waals surface area contributed by atoms with E-state index in [4.69, 9.17) is 12.2 Å². The molecular formula is C20H19N3OS3. The van der Waals surface area contributed by atoms with Gasteiger partial charge < -0.3 is 4.57 Å². The molecule has 3 rings (SSSR count). The van der Waals surface area contributed by atoms with Crippen LogP contribution in [0.15, 0.2) is 23.6 Å². The number of aromatic nitrogens is 1. The minimum absolute atomic E-state index is 0.0878. The minimum atomic E-state index is -0.0878. The number of rotatable bonds is 4. The summed E-state index contributed by atoms with van der Waals surface area (Å²) in [7, 11) is 0. The highest BCUT2D eigenvalue weighted by molar-refractivity contribution is 8.26. The first-order valence-corrected chi connectivity index (χ1v) is 10.4. The summed E-state index contributed by atoms with van der Waals surface area (Å²) in [5.41, 5.74) is 4.72. The third-order valence-corrected chi connectivity index (χ3v) is 7.19. The molecule has 1 saturated heterocycles. The molecule has 0 radical (unpaired) electrons. The first kappa shape index (κ1) is 19.6. The van der Waals surface area contributed by atoms with Crippen LogP contribution in [-0.4, -0.2) is 26.2 Å². The van der Waals surface area contributed by atoms with Crippen LogP contribution < -0.4 is 0 Å². The van der Waals surface area contributed by atoms with E-state index in [1.165, 1.54) is 11.8 Å². The van der Waals surface area contributed by atoms with Crippen LogP contribution in [0, 0.1) is 39.0 Å². The highest BCUT2D eigenvalue weighted by atomic mass is 32.2. The molecule has 27 heavy (non-hydrogen) atoms. The van der Waals surface area contributed by atoms with Gasteiger partial charge in [0.1, 0.15) is 15.4 Å². The molecule has 1 amide bonds. The maximum absolute atomic E-state index is 12.6. The monoisotopic (exact) mass is 413 g/mol. The van der Waals surface area contributed by atoms with E-state index < -0.39 is 0 Å². The fraction of sp³-hybridized carbons (Fsp3) is 0.250. The molecule has 1 aliphatic heterocycles. The van der Waals surface area contributed by atoms with E-state index in [1.807, 2.05) is 39.8 Å². The Hall–Kier alpha value is -2.14. The first-order chi connectivity index (χ1) is 12.8. The second-order valence-corrected chi connectivity index (χ2v) is 9.20. The normalized spacial score (nSPS) is 15.7. The number of aryl methyl sites for hydroxylation is 2. The lowest BCUT2D eigenvalue weighted by Crippen LogP contribution is -2.27. The van der Waals surface area contributed by atoms with Gasteiger partial charge in [-0.1, -0.05) is 30.1 Å². The quantitative estimate of drug-likeness (QED) is 0.401. The van der Waals surface area contributed by atoms with Crippen LogP contribution in [0.5, 0.6) is 0 Å². The molecule has 0 saturated carbocycles. The molecule has 1 fully saturated rings. The number of nitrogens with zero attached hydrogens (tertiary/aromatic N) is 3. The molecule has 0 atom stereocenters. The van der Waals surface area contributed by atoms with E-state index in [0.717, 1.165) is 32.4 Å². The number of thiophene rings is 1. The van der Waals surface area contributed by atoms with Crippen molar-refractivity contribution in [3.05, 3.63) is 56.6 Å². The molecule has 1 aliphatic rings. The summed E-state index contributed by atoms with van der Waals surface area (Å²) in [6.45, 7) is 12.1. The van der Waals surface area contributed by atoms with E-state index >= 15 is 0 Å². The Morgan fingerprint density at radius 1 is 1.33 bits per heavy atom. The van der Waals surface area contributed by atoms with E-state index in [-0.39, 0.29) is 5.91 Å². The zero-order valence-electron chi connectivity index (χ0n) is 15.6. The Morgan fingerprint density at radius 2 is 2.04 bits per heavy atom. The number of hydrogen-bond donors (Lipinski definition) is 0. The van der Waals surface area contributed by atoms with Crippen LogP contribution in [0.3, 0.4) is 0 Å². The van der Waals surface area contributed by atoms with Crippen molar-refractivity contribution in [2.24, 2.45) is 0 Å². The van der Waals surface area contributed by atoms with Gasteiger partial charge in [-0.3, -0.25) is 9.69 Å². The van der Waals surface area contributed by atoms with Crippen LogP contribution in [0.2, 0.25) is 0 Å². The standard InChI is InChI=1S/C20H19N3OS3/c1-6-7-22-18(24)17(27-20(22)25)9-15-8-11(2)23(13(15)4)19-16(10-21)12(3)14(5)26-19/h6,8-9H,1,7H2,2-5H3/b17-9+. The van der Waals surface area contributed by atoms with E-state index in [0.29, 0.717) is 21.3 Å². The van der Waals surface area contributed by atoms with Crippen molar-refractivity contribution in [2.75, 3.05) is 6.54 Å². The second kappa shape index (κ2) is 7.47. The second-order valence-electron chi connectivity index (χ2n) is 6.32. The molecule has 0 aromatic carbocycles. The molecule has 0 unspecified atom stereocenters. The average molecular weight is 414 g/mol. The summed E-state index contributed by atoms with van der Waals surface area (Å²) in [5.74, 6) is -0.0878. The number of hydrogen-bond acceptors (Lipinski definition) is 5. The molecular weight excluding hydrogens is 394 g/mol. The van der Waals surface area contributed by atoms with Crippen molar-refractivity contribution in [3.63, 3.8) is 0 Å².